The van der Waals surface area contributed by atoms with Crippen LogP contribution in [0.5, 0.6) is 0 Å². The maximum absolute atomic E-state index is 12.1. The van der Waals surface area contributed by atoms with Gasteiger partial charge in [0.05, 0.1) is 6.07 Å². The molecule has 2 aliphatic rings. The molecule has 2 saturated carbocycles. The van der Waals surface area contributed by atoms with Gasteiger partial charge in [0.15, 0.2) is 0 Å². The van der Waals surface area contributed by atoms with E-state index in [0.29, 0.717) is 18.9 Å². The molecule has 0 radical (unpaired) electrons. The molecule has 0 aliphatic heterocycles. The van der Waals surface area contributed by atoms with Gasteiger partial charge in [-0.05, 0) is 38.5 Å². The second kappa shape index (κ2) is 5.71. The van der Waals surface area contributed by atoms with Crippen LogP contribution in [0, 0.1) is 17.2 Å². The Morgan fingerprint density at radius 2 is 1.78 bits per heavy atom. The summed E-state index contributed by atoms with van der Waals surface area (Å²) in [6.45, 7) is 0. The third kappa shape index (κ3) is 3.23. The van der Waals surface area contributed by atoms with E-state index in [4.69, 9.17) is 11.0 Å². The average molecular weight is 249 g/mol. The van der Waals surface area contributed by atoms with Gasteiger partial charge >= 0.3 is 0 Å². The fourth-order valence-electron chi connectivity index (χ4n) is 3.07. The molecule has 4 nitrogen and oxygen atoms in total. The number of nitrogens with two attached hydrogens (primary N) is 1. The van der Waals surface area contributed by atoms with Gasteiger partial charge in [-0.25, -0.2) is 0 Å². The Hall–Kier alpha value is -1.08. The van der Waals surface area contributed by atoms with E-state index < -0.39 is 5.54 Å². The van der Waals surface area contributed by atoms with Gasteiger partial charge in [-0.15, -0.1) is 0 Å². The predicted molar refractivity (Wildman–Crippen MR) is 69.5 cm³/mol. The van der Waals surface area contributed by atoms with Gasteiger partial charge < -0.3 is 11.1 Å². The first kappa shape index (κ1) is 13.4. The van der Waals surface area contributed by atoms with E-state index >= 15 is 0 Å². The van der Waals surface area contributed by atoms with Crippen molar-refractivity contribution >= 4 is 5.91 Å². The van der Waals surface area contributed by atoms with Gasteiger partial charge in [0.25, 0.3) is 0 Å². The molecule has 3 N–H and O–H groups in total. The molecule has 100 valence electrons. The first-order chi connectivity index (χ1) is 8.63. The zero-order valence-electron chi connectivity index (χ0n) is 11.0. The van der Waals surface area contributed by atoms with Crippen LogP contribution in [-0.4, -0.2) is 17.5 Å². The van der Waals surface area contributed by atoms with Crippen molar-refractivity contribution in [2.45, 2.75) is 69.4 Å². The summed E-state index contributed by atoms with van der Waals surface area (Å²) in [5, 5.41) is 12.1. The Bertz CT molecular complexity index is 333. The first-order valence-corrected chi connectivity index (χ1v) is 7.13. The number of hydrogen-bond acceptors (Lipinski definition) is 3. The van der Waals surface area contributed by atoms with Crippen molar-refractivity contribution in [1.82, 2.24) is 5.32 Å². The van der Waals surface area contributed by atoms with Gasteiger partial charge in [0, 0.05) is 12.0 Å². The van der Waals surface area contributed by atoms with Crippen LogP contribution in [0.3, 0.4) is 0 Å². The normalized spacial score (nSPS) is 33.7. The van der Waals surface area contributed by atoms with Crippen molar-refractivity contribution in [3.63, 3.8) is 0 Å². The van der Waals surface area contributed by atoms with Crippen LogP contribution in [0.2, 0.25) is 0 Å². The van der Waals surface area contributed by atoms with Gasteiger partial charge in [-0.3, -0.25) is 4.79 Å². The standard InChI is InChI=1S/C14H23N3O/c15-10-14(16)8-6-11(7-9-14)13(18)17-12-4-2-1-3-5-12/h11-12H,1-9,16H2,(H,17,18). The van der Waals surface area contributed by atoms with Crippen molar-refractivity contribution in [1.29, 1.82) is 5.26 Å². The minimum Gasteiger partial charge on any atom is -0.353 e. The molecule has 0 unspecified atom stereocenters. The lowest BCUT2D eigenvalue weighted by Gasteiger charge is -2.32. The summed E-state index contributed by atoms with van der Waals surface area (Å²) in [4.78, 5) is 12.1. The fourth-order valence-corrected chi connectivity index (χ4v) is 3.07. The summed E-state index contributed by atoms with van der Waals surface area (Å²) >= 11 is 0. The lowest BCUT2D eigenvalue weighted by atomic mass is 9.77. The monoisotopic (exact) mass is 249 g/mol. The average Bonchev–Trinajstić information content (AvgIpc) is 2.40. The van der Waals surface area contributed by atoms with E-state index in [9.17, 15) is 4.79 Å². The van der Waals surface area contributed by atoms with Crippen molar-refractivity contribution in [2.24, 2.45) is 11.7 Å². The van der Waals surface area contributed by atoms with E-state index in [1.54, 1.807) is 0 Å². The molecular weight excluding hydrogens is 226 g/mol. The maximum Gasteiger partial charge on any atom is 0.223 e. The molecule has 0 aromatic carbocycles. The van der Waals surface area contributed by atoms with Crippen LogP contribution in [0.4, 0.5) is 0 Å². The molecule has 0 aromatic rings. The first-order valence-electron chi connectivity index (χ1n) is 7.13. The van der Waals surface area contributed by atoms with Crippen LogP contribution < -0.4 is 11.1 Å². The van der Waals surface area contributed by atoms with Gasteiger partial charge in [-0.1, -0.05) is 19.3 Å². The molecule has 18 heavy (non-hydrogen) atoms. The summed E-state index contributed by atoms with van der Waals surface area (Å²) in [5.74, 6) is 0.249. The Morgan fingerprint density at radius 3 is 2.33 bits per heavy atom. The highest BCUT2D eigenvalue weighted by molar-refractivity contribution is 5.79. The lowest BCUT2D eigenvalue weighted by molar-refractivity contribution is -0.127. The number of amides is 1. The molecule has 2 fully saturated rings. The molecule has 0 heterocycles. The van der Waals surface area contributed by atoms with Gasteiger partial charge in [-0.2, -0.15) is 5.26 Å². The number of nitrogens with zero attached hydrogens (tertiary/aromatic N) is 1. The van der Waals surface area contributed by atoms with Gasteiger partial charge in [0.2, 0.25) is 5.91 Å². The van der Waals surface area contributed by atoms with E-state index in [1.807, 2.05) is 0 Å². The molecule has 2 rings (SSSR count). The number of rotatable bonds is 2. The lowest BCUT2D eigenvalue weighted by Crippen LogP contribution is -2.46. The zero-order chi connectivity index (χ0) is 13.0. The van der Waals surface area contributed by atoms with E-state index in [-0.39, 0.29) is 11.8 Å². The van der Waals surface area contributed by atoms with Crippen LogP contribution in [0.1, 0.15) is 57.8 Å². The third-order valence-corrected chi connectivity index (χ3v) is 4.42. The van der Waals surface area contributed by atoms with E-state index in [0.717, 1.165) is 25.7 Å². The quantitative estimate of drug-likeness (QED) is 0.783. The molecule has 0 bridgehead atoms. The minimum atomic E-state index is -0.693. The molecule has 0 atom stereocenters. The van der Waals surface area contributed by atoms with Gasteiger partial charge in [0.1, 0.15) is 5.54 Å². The summed E-state index contributed by atoms with van der Waals surface area (Å²) < 4.78 is 0. The Morgan fingerprint density at radius 1 is 1.17 bits per heavy atom. The largest absolute Gasteiger partial charge is 0.353 e. The SMILES string of the molecule is N#CC1(N)CCC(C(=O)NC2CCCCC2)CC1. The number of hydrogen-bond donors (Lipinski definition) is 2. The summed E-state index contributed by atoms with van der Waals surface area (Å²) in [7, 11) is 0. The van der Waals surface area contributed by atoms with Crippen molar-refractivity contribution in [3.05, 3.63) is 0 Å². The van der Waals surface area contributed by atoms with Crippen LogP contribution >= 0.6 is 0 Å². The smallest absolute Gasteiger partial charge is 0.223 e. The Balaban J connectivity index is 1.79. The highest BCUT2D eigenvalue weighted by atomic mass is 16.1. The summed E-state index contributed by atoms with van der Waals surface area (Å²) in [5.41, 5.74) is 5.22. The number of carbonyl (C=O) groups is 1. The molecule has 0 saturated heterocycles. The fraction of sp³-hybridized carbons (Fsp3) is 0.857. The van der Waals surface area contributed by atoms with E-state index in [2.05, 4.69) is 11.4 Å². The molecule has 0 aromatic heterocycles. The minimum absolute atomic E-state index is 0.0666. The molecular formula is C14H23N3O. The van der Waals surface area contributed by atoms with Crippen molar-refractivity contribution in [2.75, 3.05) is 0 Å². The highest BCUT2D eigenvalue weighted by Gasteiger charge is 2.34. The second-order valence-corrected chi connectivity index (χ2v) is 5.89. The zero-order valence-corrected chi connectivity index (χ0v) is 11.0. The predicted octanol–water partition coefficient (Wildman–Crippen LogP) is 1.85. The highest BCUT2D eigenvalue weighted by Crippen LogP contribution is 2.30. The molecule has 2 aliphatic carbocycles. The maximum atomic E-state index is 12.1. The third-order valence-electron chi connectivity index (χ3n) is 4.42. The van der Waals surface area contributed by atoms with Crippen molar-refractivity contribution < 1.29 is 4.79 Å². The number of nitriles is 1. The molecule has 0 spiro atoms. The Labute approximate surface area is 109 Å². The topological polar surface area (TPSA) is 78.9 Å². The summed E-state index contributed by atoms with van der Waals surface area (Å²) in [6.07, 6.45) is 8.80. The Kier molecular flexibility index (Phi) is 4.23. The van der Waals surface area contributed by atoms with Crippen molar-refractivity contribution in [3.8, 4) is 6.07 Å². The second-order valence-electron chi connectivity index (χ2n) is 5.89. The van der Waals surface area contributed by atoms with Crippen LogP contribution in [-0.2, 0) is 4.79 Å². The number of nitrogens with one attached hydrogen (secondary N) is 1. The molecule has 1 amide bonds. The molecule has 4 heteroatoms. The van der Waals surface area contributed by atoms with E-state index in [1.165, 1.54) is 19.3 Å². The number of carbonyl (C=O) groups excluding carboxylic acids is 1. The van der Waals surface area contributed by atoms with Crippen LogP contribution in [0.15, 0.2) is 0 Å². The summed E-state index contributed by atoms with van der Waals surface area (Å²) in [6, 6.07) is 2.55. The van der Waals surface area contributed by atoms with Crippen LogP contribution in [0.25, 0.3) is 0 Å².